The number of anilines is 1. The first-order valence-corrected chi connectivity index (χ1v) is 27.4. The molecule has 0 aliphatic carbocycles. The number of imidazole rings is 1. The fourth-order valence-corrected chi connectivity index (χ4v) is 13.7. The van der Waals surface area contributed by atoms with Crippen molar-refractivity contribution in [2.75, 3.05) is 70.5 Å². The number of aryl methyl sites for hydroxylation is 2. The lowest BCUT2D eigenvalue weighted by Crippen LogP contribution is -2.50. The third kappa shape index (κ3) is 9.32. The Morgan fingerprint density at radius 3 is 2.52 bits per heavy atom. The molecule has 3 N–H and O–H groups in total. The van der Waals surface area contributed by atoms with Crippen LogP contribution in [0.2, 0.25) is 0 Å². The molecule has 18 nitrogen and oxygen atoms in total. The first-order chi connectivity index (χ1) is 37.1. The number of aliphatic hydroxyl groups is 1. The summed E-state index contributed by atoms with van der Waals surface area (Å²) in [5.41, 5.74) is 1.46. The highest BCUT2D eigenvalue weighted by atomic mass is 19.1. The molecule has 0 saturated carbocycles. The molecule has 3 aromatic carbocycles. The molecule has 406 valence electrons. The van der Waals surface area contributed by atoms with Crippen molar-refractivity contribution >= 4 is 56.4 Å². The Kier molecular flexibility index (Phi) is 13.2. The van der Waals surface area contributed by atoms with Crippen LogP contribution in [-0.4, -0.2) is 150 Å². The van der Waals surface area contributed by atoms with Crippen LogP contribution in [0.5, 0.6) is 11.8 Å². The molecule has 77 heavy (non-hydrogen) atoms. The third-order valence-electron chi connectivity index (χ3n) is 17.7. The van der Waals surface area contributed by atoms with Gasteiger partial charge in [-0.3, -0.25) is 33.9 Å². The van der Waals surface area contributed by atoms with Crippen LogP contribution in [0.3, 0.4) is 0 Å². The Balaban J connectivity index is 0.673. The summed E-state index contributed by atoms with van der Waals surface area (Å²) in [6.45, 7) is 9.74. The summed E-state index contributed by atoms with van der Waals surface area (Å²) in [6.07, 6.45) is 8.52. The Bertz CT molecular complexity index is 3410. The largest absolute Gasteiger partial charge is 0.508 e. The van der Waals surface area contributed by atoms with E-state index in [0.29, 0.717) is 90.2 Å². The van der Waals surface area contributed by atoms with E-state index >= 15 is 8.78 Å². The number of ether oxygens (including phenoxy) is 2. The second-order valence-electron chi connectivity index (χ2n) is 22.9. The molecule has 0 bridgehead atoms. The number of piperidine rings is 3. The zero-order valence-electron chi connectivity index (χ0n) is 43.9. The molecule has 1 unspecified atom stereocenters. The minimum atomic E-state index is -1.00. The molecule has 6 fully saturated rings. The van der Waals surface area contributed by atoms with Gasteiger partial charge in [-0.05, 0) is 136 Å². The van der Waals surface area contributed by atoms with E-state index in [1.54, 1.807) is 24.6 Å². The fraction of sp³-hybridized carbons (Fsp3) is 0.526. The number of phenols is 1. The van der Waals surface area contributed by atoms with Crippen LogP contribution in [0.25, 0.3) is 44.0 Å². The number of imide groups is 1. The molecular formula is C57H66F2N10O8. The number of carbonyl (C=O) groups is 3. The summed E-state index contributed by atoms with van der Waals surface area (Å²) in [5, 5.41) is 25.6. The van der Waals surface area contributed by atoms with E-state index in [-0.39, 0.29) is 84.0 Å². The van der Waals surface area contributed by atoms with E-state index in [0.717, 1.165) is 75.8 Å². The van der Waals surface area contributed by atoms with Gasteiger partial charge >= 0.3 is 17.8 Å². The molecule has 6 aromatic rings. The standard InChI is InChI=1S/C57H66F2N10O8/c1-4-39-42(58)9-7-35-23-38(70)25-40(47(35)39)49-48(59)50-41(26-60-49)51(67-19-5-16-56(2,75)31-67)63-53(62-50)77-32-57-17-6-20-68(57)37(13-18-57)30-76-55(74)66-21-14-33(15-22-66)27-65-28-36(29-65)34-8-10-43-45(24-34)64(3)54(73)69(43)44-11-12-46(71)61-52(44)72/h7-10,23-26,33,36-37,44,70,75H,4-6,11-22,27-32H2,1-3H3,(H,61,71,72)/t37-,44?,56+,57-/m0/s1. The number of halogens is 2. The average Bonchev–Trinajstić information content (AvgIpc) is 4.15. The maximum Gasteiger partial charge on any atom is 0.409 e. The van der Waals surface area contributed by atoms with E-state index in [4.69, 9.17) is 19.4 Å². The van der Waals surface area contributed by atoms with Gasteiger partial charge < -0.3 is 34.4 Å². The highest BCUT2D eigenvalue weighted by Crippen LogP contribution is 2.44. The quantitative estimate of drug-likeness (QED) is 0.109. The molecule has 3 amide bonds. The molecule has 6 aliphatic heterocycles. The highest BCUT2D eigenvalue weighted by molar-refractivity contribution is 6.02. The lowest BCUT2D eigenvalue weighted by Gasteiger charge is -2.43. The minimum Gasteiger partial charge on any atom is -0.508 e. The van der Waals surface area contributed by atoms with Gasteiger partial charge in [0.25, 0.3) is 0 Å². The van der Waals surface area contributed by atoms with E-state index in [1.807, 2.05) is 28.9 Å². The minimum absolute atomic E-state index is 0.00230. The molecule has 6 aliphatic rings. The predicted molar refractivity (Wildman–Crippen MR) is 284 cm³/mol. The number of fused-ring (bicyclic) bond motifs is 4. The molecule has 12 rings (SSSR count). The summed E-state index contributed by atoms with van der Waals surface area (Å²) in [7, 11) is 1.72. The van der Waals surface area contributed by atoms with Crippen LogP contribution in [-0.2, 0) is 27.8 Å². The smallest absolute Gasteiger partial charge is 0.409 e. The number of benzene rings is 3. The van der Waals surface area contributed by atoms with E-state index < -0.39 is 29.2 Å². The first-order valence-electron chi connectivity index (χ1n) is 27.4. The zero-order chi connectivity index (χ0) is 53.5. The van der Waals surface area contributed by atoms with Gasteiger partial charge in [0.2, 0.25) is 11.8 Å². The molecular weight excluding hydrogens is 991 g/mol. The lowest BCUT2D eigenvalue weighted by atomic mass is 9.88. The monoisotopic (exact) mass is 1060 g/mol. The number of aromatic nitrogens is 5. The topological polar surface area (TPSA) is 201 Å². The van der Waals surface area contributed by atoms with Crippen LogP contribution < -0.4 is 20.6 Å². The van der Waals surface area contributed by atoms with Gasteiger partial charge in [-0.2, -0.15) is 9.97 Å². The number of nitrogens with one attached hydrogen (secondary N) is 1. The SMILES string of the molecule is CCc1c(F)ccc2cc(O)cc(-c3ncc4c(N5CCC[C@@](C)(O)C5)nc(OC[C@@]56CCCN5[C@H](COC(=O)N5CCC(CN7CC(c8ccc9c(c8)n(C)c(=O)n9C8CCC(=O)NC8=O)C7)CC5)CC6)nc4c3F)c12. The maximum atomic E-state index is 17.3. The third-order valence-corrected chi connectivity index (χ3v) is 17.7. The van der Waals surface area contributed by atoms with Crippen LogP contribution >= 0.6 is 0 Å². The number of likely N-dealkylation sites (tertiary alicyclic amines) is 2. The number of nitrogens with zero attached hydrogens (tertiary/aromatic N) is 9. The van der Waals surface area contributed by atoms with E-state index in [1.165, 1.54) is 29.0 Å². The van der Waals surface area contributed by atoms with E-state index in [2.05, 4.69) is 26.2 Å². The highest BCUT2D eigenvalue weighted by Gasteiger charge is 2.50. The summed E-state index contributed by atoms with van der Waals surface area (Å²) < 4.78 is 48.2. The Morgan fingerprint density at radius 2 is 1.74 bits per heavy atom. The van der Waals surface area contributed by atoms with Crippen molar-refractivity contribution in [1.29, 1.82) is 0 Å². The molecule has 0 spiro atoms. The van der Waals surface area contributed by atoms with Crippen molar-refractivity contribution in [3.05, 3.63) is 81.9 Å². The Labute approximate surface area is 443 Å². The first kappa shape index (κ1) is 51.0. The number of phenolic OH excluding ortho intramolecular Hbond substituents is 1. The van der Waals surface area contributed by atoms with E-state index in [9.17, 15) is 29.4 Å². The van der Waals surface area contributed by atoms with Crippen LogP contribution in [0.1, 0.15) is 101 Å². The summed E-state index contributed by atoms with van der Waals surface area (Å²) in [6, 6.07) is 11.1. The lowest BCUT2D eigenvalue weighted by molar-refractivity contribution is -0.135. The molecule has 9 heterocycles. The number of hydrogen-bond donors (Lipinski definition) is 3. The summed E-state index contributed by atoms with van der Waals surface area (Å²) in [5.74, 6) is -0.899. The molecule has 3 aromatic heterocycles. The normalized spacial score (nSPS) is 24.8. The van der Waals surface area contributed by atoms with Crippen molar-refractivity contribution in [2.45, 2.75) is 114 Å². The van der Waals surface area contributed by atoms with Crippen LogP contribution in [0, 0.1) is 17.6 Å². The maximum absolute atomic E-state index is 17.3. The Hall–Kier alpha value is -6.77. The second kappa shape index (κ2) is 19.9. The number of rotatable bonds is 12. The molecule has 20 heteroatoms. The predicted octanol–water partition coefficient (Wildman–Crippen LogP) is 6.70. The van der Waals surface area contributed by atoms with Gasteiger partial charge in [-0.15, -0.1) is 0 Å². The zero-order valence-corrected chi connectivity index (χ0v) is 43.9. The second-order valence-corrected chi connectivity index (χ2v) is 22.9. The number of β-amino-alcohol motifs (C(OH)–C–C–N with tert-alkyl or cyclic N) is 1. The van der Waals surface area contributed by atoms with Crippen molar-refractivity contribution in [3.63, 3.8) is 0 Å². The van der Waals surface area contributed by atoms with Crippen molar-refractivity contribution in [1.82, 2.24) is 44.1 Å². The summed E-state index contributed by atoms with van der Waals surface area (Å²) in [4.78, 5) is 74.0. The van der Waals surface area contributed by atoms with Crippen molar-refractivity contribution < 1.29 is 42.9 Å². The average molecular weight is 1060 g/mol. The number of carbonyl (C=O) groups excluding carboxylic acids is 3. The Morgan fingerprint density at radius 1 is 0.935 bits per heavy atom. The van der Waals surface area contributed by atoms with Gasteiger partial charge in [0, 0.05) is 83.0 Å². The van der Waals surface area contributed by atoms with Gasteiger partial charge in [0.1, 0.15) is 47.9 Å². The molecule has 6 saturated heterocycles. The number of pyridine rings is 1. The number of hydrogen-bond acceptors (Lipinski definition) is 14. The fourth-order valence-electron chi connectivity index (χ4n) is 13.7. The molecule has 4 atom stereocenters. The molecule has 0 radical (unpaired) electrons. The van der Waals surface area contributed by atoms with Gasteiger partial charge in [0.05, 0.1) is 27.6 Å². The van der Waals surface area contributed by atoms with Crippen molar-refractivity contribution in [2.24, 2.45) is 13.0 Å². The number of amides is 3. The van der Waals surface area contributed by atoms with Crippen LogP contribution in [0.4, 0.5) is 19.4 Å². The van der Waals surface area contributed by atoms with Gasteiger partial charge in [0.15, 0.2) is 5.82 Å². The summed E-state index contributed by atoms with van der Waals surface area (Å²) >= 11 is 0. The van der Waals surface area contributed by atoms with Gasteiger partial charge in [-0.1, -0.05) is 19.1 Å². The van der Waals surface area contributed by atoms with Crippen molar-refractivity contribution in [3.8, 4) is 23.0 Å². The van der Waals surface area contributed by atoms with Gasteiger partial charge in [-0.25, -0.2) is 18.4 Å². The van der Waals surface area contributed by atoms with Crippen LogP contribution in [0.15, 0.2) is 53.5 Å². The number of aromatic hydroxyl groups is 1.